The lowest BCUT2D eigenvalue weighted by molar-refractivity contribution is 0.139. The fourth-order valence-corrected chi connectivity index (χ4v) is 4.44. The minimum absolute atomic E-state index is 0.723. The van der Waals surface area contributed by atoms with Gasteiger partial charge < -0.3 is 19.9 Å². The second kappa shape index (κ2) is 9.56. The lowest BCUT2D eigenvalue weighted by Gasteiger charge is -2.37. The van der Waals surface area contributed by atoms with Crippen molar-refractivity contribution in [3.8, 4) is 0 Å². The zero-order chi connectivity index (χ0) is 19.2. The van der Waals surface area contributed by atoms with Gasteiger partial charge >= 0.3 is 0 Å². The Morgan fingerprint density at radius 2 is 2.04 bits per heavy atom. The monoisotopic (exact) mass is 386 g/mol. The van der Waals surface area contributed by atoms with E-state index in [0.29, 0.717) is 0 Å². The molecule has 1 unspecified atom stereocenters. The molecule has 3 fully saturated rings. The highest BCUT2D eigenvalue weighted by Gasteiger charge is 2.24. The van der Waals surface area contributed by atoms with Crippen molar-refractivity contribution in [3.05, 3.63) is 23.9 Å². The smallest absolute Gasteiger partial charge is 0.194 e. The van der Waals surface area contributed by atoms with Crippen molar-refractivity contribution in [1.29, 1.82) is 0 Å². The summed E-state index contributed by atoms with van der Waals surface area (Å²) in [5, 5.41) is 3.55. The van der Waals surface area contributed by atoms with Gasteiger partial charge in [-0.25, -0.2) is 4.98 Å². The molecule has 154 valence electrons. The molecule has 4 heterocycles. The van der Waals surface area contributed by atoms with Crippen LogP contribution in [-0.4, -0.2) is 86.8 Å². The molecule has 3 aliphatic rings. The van der Waals surface area contributed by atoms with Gasteiger partial charge in [0, 0.05) is 72.2 Å². The van der Waals surface area contributed by atoms with Crippen molar-refractivity contribution in [2.75, 3.05) is 71.0 Å². The predicted molar refractivity (Wildman–Crippen MR) is 113 cm³/mol. The summed E-state index contributed by atoms with van der Waals surface area (Å²) >= 11 is 0. The number of ether oxygens (including phenoxy) is 1. The van der Waals surface area contributed by atoms with E-state index in [4.69, 9.17) is 4.74 Å². The predicted octanol–water partition coefficient (Wildman–Crippen LogP) is 1.41. The lowest BCUT2D eigenvalue weighted by atomic mass is 10.1. The van der Waals surface area contributed by atoms with E-state index >= 15 is 0 Å². The van der Waals surface area contributed by atoms with Gasteiger partial charge in [0.1, 0.15) is 5.82 Å². The number of guanidine groups is 1. The van der Waals surface area contributed by atoms with Gasteiger partial charge in [0.25, 0.3) is 0 Å². The van der Waals surface area contributed by atoms with E-state index in [1.54, 1.807) is 0 Å². The third kappa shape index (κ3) is 4.94. The molecular weight excluding hydrogens is 352 g/mol. The first kappa shape index (κ1) is 19.5. The third-order valence-corrected chi connectivity index (χ3v) is 6.11. The van der Waals surface area contributed by atoms with E-state index in [1.807, 2.05) is 13.2 Å². The summed E-state index contributed by atoms with van der Waals surface area (Å²) in [5.74, 6) is 2.83. The third-order valence-electron chi connectivity index (χ3n) is 6.11. The highest BCUT2D eigenvalue weighted by molar-refractivity contribution is 5.80. The van der Waals surface area contributed by atoms with Crippen LogP contribution in [0.1, 0.15) is 24.8 Å². The maximum atomic E-state index is 5.52. The summed E-state index contributed by atoms with van der Waals surface area (Å²) in [5.41, 5.74) is 1.26. The molecule has 1 atom stereocenters. The Balaban J connectivity index is 1.25. The average Bonchev–Trinajstić information content (AvgIpc) is 3.44. The number of nitrogens with one attached hydrogen (secondary N) is 1. The molecule has 0 aromatic carbocycles. The van der Waals surface area contributed by atoms with Crippen LogP contribution < -0.4 is 10.2 Å². The molecule has 0 saturated carbocycles. The van der Waals surface area contributed by atoms with Crippen molar-refractivity contribution in [2.24, 2.45) is 10.9 Å². The van der Waals surface area contributed by atoms with Gasteiger partial charge in [-0.1, -0.05) is 0 Å². The van der Waals surface area contributed by atoms with Crippen molar-refractivity contribution >= 4 is 11.8 Å². The lowest BCUT2D eigenvalue weighted by Crippen LogP contribution is -2.53. The molecular formula is C21H34N6O. The summed E-state index contributed by atoms with van der Waals surface area (Å²) in [6, 6.07) is 4.31. The minimum Gasteiger partial charge on any atom is -0.381 e. The fraction of sp³-hybridized carbons (Fsp3) is 0.714. The largest absolute Gasteiger partial charge is 0.381 e. The Bertz CT molecular complexity index is 646. The Morgan fingerprint density at radius 3 is 2.75 bits per heavy atom. The van der Waals surface area contributed by atoms with Crippen molar-refractivity contribution in [2.45, 2.75) is 25.8 Å². The maximum Gasteiger partial charge on any atom is 0.194 e. The van der Waals surface area contributed by atoms with Gasteiger partial charge in [0.15, 0.2) is 5.96 Å². The van der Waals surface area contributed by atoms with E-state index in [0.717, 1.165) is 76.7 Å². The second-order valence-corrected chi connectivity index (χ2v) is 8.13. The number of aromatic nitrogens is 1. The quantitative estimate of drug-likeness (QED) is 0.610. The molecule has 7 nitrogen and oxygen atoms in total. The van der Waals surface area contributed by atoms with Crippen LogP contribution in [0.25, 0.3) is 0 Å². The molecule has 7 heteroatoms. The number of hydrogen-bond donors (Lipinski definition) is 1. The number of rotatable bonds is 5. The molecule has 4 rings (SSSR count). The number of nitrogens with zero attached hydrogens (tertiary/aromatic N) is 5. The average molecular weight is 387 g/mol. The second-order valence-electron chi connectivity index (χ2n) is 8.13. The van der Waals surface area contributed by atoms with Crippen molar-refractivity contribution in [3.63, 3.8) is 0 Å². The normalized spacial score (nSPS) is 24.2. The van der Waals surface area contributed by atoms with Gasteiger partial charge in [-0.3, -0.25) is 9.89 Å². The van der Waals surface area contributed by atoms with Crippen LogP contribution in [0.3, 0.4) is 0 Å². The Hall–Kier alpha value is -1.86. The van der Waals surface area contributed by atoms with E-state index in [-0.39, 0.29) is 0 Å². The SMILES string of the molecule is CN=C(NCc1ccnc(N2CCCC2)c1)N1CCN(CC2CCOC2)CC1. The summed E-state index contributed by atoms with van der Waals surface area (Å²) < 4.78 is 5.52. The molecule has 3 aliphatic heterocycles. The Kier molecular flexibility index (Phi) is 6.65. The number of aliphatic imine (C=N–C) groups is 1. The number of pyridine rings is 1. The van der Waals surface area contributed by atoms with Crippen molar-refractivity contribution < 1.29 is 4.74 Å². The first-order valence-corrected chi connectivity index (χ1v) is 10.8. The zero-order valence-electron chi connectivity index (χ0n) is 17.1. The maximum absolute atomic E-state index is 5.52. The summed E-state index contributed by atoms with van der Waals surface area (Å²) in [6.07, 6.45) is 5.70. The van der Waals surface area contributed by atoms with Gasteiger partial charge in [0.2, 0.25) is 0 Å². The molecule has 1 aromatic rings. The van der Waals surface area contributed by atoms with Crippen LogP contribution in [-0.2, 0) is 11.3 Å². The molecule has 0 amide bonds. The molecule has 28 heavy (non-hydrogen) atoms. The van der Waals surface area contributed by atoms with Crippen LogP contribution in [0.4, 0.5) is 5.82 Å². The molecule has 0 radical (unpaired) electrons. The van der Waals surface area contributed by atoms with Crippen LogP contribution in [0, 0.1) is 5.92 Å². The van der Waals surface area contributed by atoms with E-state index in [1.165, 1.54) is 31.4 Å². The van der Waals surface area contributed by atoms with Gasteiger partial charge in [-0.15, -0.1) is 0 Å². The van der Waals surface area contributed by atoms with Gasteiger partial charge in [0.05, 0.1) is 6.61 Å². The molecule has 1 aromatic heterocycles. The molecule has 1 N–H and O–H groups in total. The van der Waals surface area contributed by atoms with Gasteiger partial charge in [-0.05, 0) is 42.9 Å². The summed E-state index contributed by atoms with van der Waals surface area (Å²) in [6.45, 7) is 10.4. The van der Waals surface area contributed by atoms with E-state index in [2.05, 4.69) is 42.1 Å². The summed E-state index contributed by atoms with van der Waals surface area (Å²) in [4.78, 5) is 16.4. The minimum atomic E-state index is 0.723. The molecule has 0 aliphatic carbocycles. The Labute approximate surface area is 168 Å². The van der Waals surface area contributed by atoms with E-state index in [9.17, 15) is 0 Å². The topological polar surface area (TPSA) is 56.2 Å². The molecule has 0 bridgehead atoms. The van der Waals surface area contributed by atoms with E-state index < -0.39 is 0 Å². The van der Waals surface area contributed by atoms with Crippen LogP contribution >= 0.6 is 0 Å². The highest BCUT2D eigenvalue weighted by atomic mass is 16.5. The first-order valence-electron chi connectivity index (χ1n) is 10.8. The highest BCUT2D eigenvalue weighted by Crippen LogP contribution is 2.19. The fourth-order valence-electron chi connectivity index (χ4n) is 4.44. The number of hydrogen-bond acceptors (Lipinski definition) is 5. The standard InChI is InChI=1S/C21H34N6O/c1-22-21(27-11-9-25(10-12-27)16-19-5-13-28-17-19)24-15-18-4-6-23-20(14-18)26-7-2-3-8-26/h4,6,14,19H,2-3,5,7-13,15-17H2,1H3,(H,22,24). The first-order chi connectivity index (χ1) is 13.8. The van der Waals surface area contributed by atoms with Crippen molar-refractivity contribution in [1.82, 2.24) is 20.1 Å². The zero-order valence-corrected chi connectivity index (χ0v) is 17.1. The molecule has 3 saturated heterocycles. The molecule has 0 spiro atoms. The van der Waals surface area contributed by atoms with Gasteiger partial charge in [-0.2, -0.15) is 0 Å². The van der Waals surface area contributed by atoms with Crippen LogP contribution in [0.2, 0.25) is 0 Å². The summed E-state index contributed by atoms with van der Waals surface area (Å²) in [7, 11) is 1.88. The number of anilines is 1. The number of piperazine rings is 1. The van der Waals surface area contributed by atoms with Crippen LogP contribution in [0.15, 0.2) is 23.3 Å². The Morgan fingerprint density at radius 1 is 1.21 bits per heavy atom. The van der Waals surface area contributed by atoms with Crippen LogP contribution in [0.5, 0.6) is 0 Å².